The maximum atomic E-state index is 11.9. The third-order valence-corrected chi connectivity index (χ3v) is 5.00. The van der Waals surface area contributed by atoms with Crippen LogP contribution in [0.15, 0.2) is 35.7 Å². The predicted molar refractivity (Wildman–Crippen MR) is 102 cm³/mol. The van der Waals surface area contributed by atoms with Crippen LogP contribution in [0.2, 0.25) is 10.0 Å². The zero-order valence-corrected chi connectivity index (χ0v) is 16.3. The molecule has 138 valence electrons. The highest BCUT2D eigenvalue weighted by molar-refractivity contribution is 7.12. The number of carbonyl (C=O) groups excluding carboxylic acids is 3. The number of hydrogen-bond donors (Lipinski definition) is 1. The highest BCUT2D eigenvalue weighted by atomic mass is 35.5. The minimum atomic E-state index is -0.595. The van der Waals surface area contributed by atoms with Crippen molar-refractivity contribution in [3.8, 4) is 0 Å². The quantitative estimate of drug-likeness (QED) is 0.512. The monoisotopic (exact) mass is 413 g/mol. The Labute approximate surface area is 165 Å². The molecule has 26 heavy (non-hydrogen) atoms. The van der Waals surface area contributed by atoms with Gasteiger partial charge in [-0.1, -0.05) is 35.3 Å². The van der Waals surface area contributed by atoms with Crippen molar-refractivity contribution in [3.63, 3.8) is 0 Å². The van der Waals surface area contributed by atoms with E-state index < -0.39 is 18.5 Å². The Morgan fingerprint density at radius 2 is 1.96 bits per heavy atom. The summed E-state index contributed by atoms with van der Waals surface area (Å²) in [6.45, 7) is 1.34. The molecule has 1 aromatic carbocycles. The number of thiophene rings is 1. The van der Waals surface area contributed by atoms with E-state index in [-0.39, 0.29) is 24.7 Å². The first-order chi connectivity index (χ1) is 12.4. The molecule has 0 aliphatic heterocycles. The van der Waals surface area contributed by atoms with Crippen LogP contribution in [-0.2, 0) is 14.3 Å². The Morgan fingerprint density at radius 3 is 2.62 bits per heavy atom. The summed E-state index contributed by atoms with van der Waals surface area (Å²) in [6.07, 6.45) is -0.0136. The van der Waals surface area contributed by atoms with E-state index in [4.69, 9.17) is 27.9 Å². The Kier molecular flexibility index (Phi) is 7.63. The van der Waals surface area contributed by atoms with Gasteiger partial charge in [0.05, 0.1) is 17.3 Å². The van der Waals surface area contributed by atoms with Gasteiger partial charge < -0.3 is 10.1 Å². The van der Waals surface area contributed by atoms with Gasteiger partial charge in [-0.25, -0.2) is 0 Å². The topological polar surface area (TPSA) is 72.5 Å². The van der Waals surface area contributed by atoms with Gasteiger partial charge in [-0.05, 0) is 36.1 Å². The molecule has 2 rings (SSSR count). The van der Waals surface area contributed by atoms with Crippen LogP contribution in [-0.4, -0.2) is 24.3 Å². The van der Waals surface area contributed by atoms with E-state index in [1.165, 1.54) is 11.3 Å². The molecule has 0 aliphatic carbocycles. The molecule has 1 amide bonds. The molecule has 0 saturated heterocycles. The molecule has 0 radical (unpaired) electrons. The molecule has 0 unspecified atom stereocenters. The molecule has 1 atom stereocenters. The summed E-state index contributed by atoms with van der Waals surface area (Å²) in [7, 11) is 0. The molecule has 2 aromatic rings. The van der Waals surface area contributed by atoms with Gasteiger partial charge in [-0.2, -0.15) is 0 Å². The fourth-order valence-corrected chi connectivity index (χ4v) is 3.47. The lowest BCUT2D eigenvalue weighted by Crippen LogP contribution is -2.31. The summed E-state index contributed by atoms with van der Waals surface area (Å²) in [4.78, 5) is 36.0. The first-order valence-electron chi connectivity index (χ1n) is 7.83. The van der Waals surface area contributed by atoms with Crippen LogP contribution in [0, 0.1) is 0 Å². The van der Waals surface area contributed by atoms with Crippen LogP contribution in [0.3, 0.4) is 0 Å². The van der Waals surface area contributed by atoms with E-state index in [1.807, 2.05) is 0 Å². The van der Waals surface area contributed by atoms with Crippen molar-refractivity contribution < 1.29 is 19.1 Å². The van der Waals surface area contributed by atoms with Gasteiger partial charge >= 0.3 is 5.97 Å². The number of rotatable bonds is 8. The Balaban J connectivity index is 1.73. The van der Waals surface area contributed by atoms with E-state index in [2.05, 4.69) is 5.32 Å². The van der Waals surface area contributed by atoms with Crippen molar-refractivity contribution in [1.29, 1.82) is 0 Å². The smallest absolute Gasteiger partial charge is 0.306 e. The number of nitrogens with one attached hydrogen (secondary N) is 1. The number of ether oxygens (including phenoxy) is 1. The van der Waals surface area contributed by atoms with Gasteiger partial charge in [0, 0.05) is 16.5 Å². The molecule has 0 saturated carbocycles. The molecule has 1 aromatic heterocycles. The Morgan fingerprint density at radius 1 is 1.19 bits per heavy atom. The second-order valence-corrected chi connectivity index (χ2v) is 7.31. The van der Waals surface area contributed by atoms with E-state index in [9.17, 15) is 14.4 Å². The largest absolute Gasteiger partial charge is 0.456 e. The zero-order chi connectivity index (χ0) is 19.1. The number of hydrogen-bond acceptors (Lipinski definition) is 5. The number of benzene rings is 1. The van der Waals surface area contributed by atoms with Crippen molar-refractivity contribution in [3.05, 3.63) is 56.2 Å². The fourth-order valence-electron chi connectivity index (χ4n) is 2.21. The average Bonchev–Trinajstić information content (AvgIpc) is 3.12. The molecule has 0 fully saturated rings. The van der Waals surface area contributed by atoms with Crippen LogP contribution in [0.25, 0.3) is 0 Å². The number of esters is 1. The van der Waals surface area contributed by atoms with Gasteiger partial charge in [-0.15, -0.1) is 11.3 Å². The van der Waals surface area contributed by atoms with E-state index >= 15 is 0 Å². The highest BCUT2D eigenvalue weighted by Crippen LogP contribution is 2.26. The minimum Gasteiger partial charge on any atom is -0.456 e. The second-order valence-electron chi connectivity index (χ2n) is 5.52. The standard InChI is InChI=1S/C18H17Cl2NO4S/c1-11(13-5-4-12(19)9-14(13)20)21-17(23)10-25-18(24)7-6-15(22)16-3-2-8-26-16/h2-5,8-9,11H,6-7,10H2,1H3,(H,21,23)/t11-/m0/s1. The summed E-state index contributed by atoms with van der Waals surface area (Å²) in [5, 5.41) is 5.43. The van der Waals surface area contributed by atoms with Crippen LogP contribution >= 0.6 is 34.5 Å². The van der Waals surface area contributed by atoms with E-state index in [1.54, 1.807) is 42.6 Å². The molecule has 0 spiro atoms. The molecule has 0 aliphatic rings. The normalized spacial score (nSPS) is 11.7. The summed E-state index contributed by atoms with van der Waals surface area (Å²) >= 11 is 13.3. The SMILES string of the molecule is C[C@H](NC(=O)COC(=O)CCC(=O)c1cccs1)c1ccc(Cl)cc1Cl. The van der Waals surface area contributed by atoms with Crippen LogP contribution in [0.4, 0.5) is 0 Å². The van der Waals surface area contributed by atoms with Gasteiger partial charge in [0.1, 0.15) is 0 Å². The highest BCUT2D eigenvalue weighted by Gasteiger charge is 2.15. The average molecular weight is 414 g/mol. The maximum absolute atomic E-state index is 11.9. The zero-order valence-electron chi connectivity index (χ0n) is 14.0. The lowest BCUT2D eigenvalue weighted by Gasteiger charge is -2.16. The summed E-state index contributed by atoms with van der Waals surface area (Å²) in [5.41, 5.74) is 0.706. The molecule has 8 heteroatoms. The van der Waals surface area contributed by atoms with Gasteiger partial charge in [0.2, 0.25) is 0 Å². The van der Waals surface area contributed by atoms with Crippen LogP contribution in [0.5, 0.6) is 0 Å². The van der Waals surface area contributed by atoms with Crippen molar-refractivity contribution in [2.45, 2.75) is 25.8 Å². The summed E-state index contributed by atoms with van der Waals surface area (Å²) < 4.78 is 4.90. The van der Waals surface area contributed by atoms with Crippen molar-refractivity contribution in [2.75, 3.05) is 6.61 Å². The van der Waals surface area contributed by atoms with Crippen LogP contribution in [0.1, 0.15) is 41.0 Å². The molecule has 5 nitrogen and oxygen atoms in total. The fraction of sp³-hybridized carbons (Fsp3) is 0.278. The lowest BCUT2D eigenvalue weighted by atomic mass is 10.1. The summed E-state index contributed by atoms with van der Waals surface area (Å²) in [6, 6.07) is 8.09. The lowest BCUT2D eigenvalue weighted by molar-refractivity contribution is -0.148. The molecule has 0 bridgehead atoms. The first-order valence-corrected chi connectivity index (χ1v) is 9.47. The molecule has 1 N–H and O–H groups in total. The van der Waals surface area contributed by atoms with Gasteiger partial charge in [-0.3, -0.25) is 14.4 Å². The number of ketones is 1. The third kappa shape index (κ3) is 6.12. The van der Waals surface area contributed by atoms with Crippen molar-refractivity contribution >= 4 is 52.2 Å². The molecular weight excluding hydrogens is 397 g/mol. The number of Topliss-reactive ketones (excluding diaryl/α,β-unsaturated/α-hetero) is 1. The van der Waals surface area contributed by atoms with E-state index in [0.717, 1.165) is 0 Å². The maximum Gasteiger partial charge on any atom is 0.306 e. The third-order valence-electron chi connectivity index (χ3n) is 3.52. The van der Waals surface area contributed by atoms with Crippen molar-refractivity contribution in [1.82, 2.24) is 5.32 Å². The Hall–Kier alpha value is -1.89. The van der Waals surface area contributed by atoms with Crippen LogP contribution < -0.4 is 5.32 Å². The van der Waals surface area contributed by atoms with E-state index in [0.29, 0.717) is 20.5 Å². The molecule has 1 heterocycles. The van der Waals surface area contributed by atoms with Crippen molar-refractivity contribution in [2.24, 2.45) is 0 Å². The Bertz CT molecular complexity index is 792. The number of halogens is 2. The predicted octanol–water partition coefficient (Wildman–Crippen LogP) is 4.44. The molecular formula is C18H17Cl2NO4S. The minimum absolute atomic E-state index is 0.0533. The summed E-state index contributed by atoms with van der Waals surface area (Å²) in [5.74, 6) is -1.17. The number of carbonyl (C=O) groups is 3. The van der Waals surface area contributed by atoms with Gasteiger partial charge in [0.15, 0.2) is 12.4 Å². The first kappa shape index (κ1) is 20.4. The van der Waals surface area contributed by atoms with Gasteiger partial charge in [0.25, 0.3) is 5.91 Å². The number of amides is 1. The second kappa shape index (κ2) is 9.71.